The molecule has 0 atom stereocenters. The summed E-state index contributed by atoms with van der Waals surface area (Å²) in [7, 11) is 1.54. The molecule has 1 heterocycles. The van der Waals surface area contributed by atoms with Crippen LogP contribution in [0.1, 0.15) is 10.5 Å². The highest BCUT2D eigenvalue weighted by Crippen LogP contribution is 2.27. The molecule has 18 heavy (non-hydrogen) atoms. The van der Waals surface area contributed by atoms with E-state index in [0.29, 0.717) is 21.6 Å². The quantitative estimate of drug-likeness (QED) is 0.908. The molecule has 7 heteroatoms. The molecule has 0 aliphatic heterocycles. The molecule has 0 spiro atoms. The fourth-order valence-corrected chi connectivity index (χ4v) is 2.01. The minimum Gasteiger partial charge on any atom is -0.497 e. The van der Waals surface area contributed by atoms with Gasteiger partial charge in [0.25, 0.3) is 5.91 Å². The van der Waals surface area contributed by atoms with Gasteiger partial charge in [-0.15, -0.1) is 11.3 Å². The summed E-state index contributed by atoms with van der Waals surface area (Å²) in [6, 6.07) is 4.99. The summed E-state index contributed by atoms with van der Waals surface area (Å²) in [4.78, 5) is 15.7. The first kappa shape index (κ1) is 12.7. The SMILES string of the molecule is COc1ccc(Cl)c(NC(=O)c2csc(N)n2)c1. The van der Waals surface area contributed by atoms with Crippen LogP contribution in [0.15, 0.2) is 23.6 Å². The Morgan fingerprint density at radius 2 is 2.33 bits per heavy atom. The molecule has 0 aliphatic rings. The van der Waals surface area contributed by atoms with E-state index in [-0.39, 0.29) is 11.6 Å². The van der Waals surface area contributed by atoms with E-state index < -0.39 is 0 Å². The van der Waals surface area contributed by atoms with Crippen LogP contribution in [0.3, 0.4) is 0 Å². The van der Waals surface area contributed by atoms with Gasteiger partial charge in [0.15, 0.2) is 5.13 Å². The largest absolute Gasteiger partial charge is 0.497 e. The number of anilines is 2. The van der Waals surface area contributed by atoms with Crippen LogP contribution < -0.4 is 15.8 Å². The molecule has 0 fully saturated rings. The lowest BCUT2D eigenvalue weighted by Crippen LogP contribution is -2.12. The number of halogens is 1. The van der Waals surface area contributed by atoms with E-state index >= 15 is 0 Å². The van der Waals surface area contributed by atoms with Crippen LogP contribution in [0.4, 0.5) is 10.8 Å². The first-order valence-corrected chi connectivity index (χ1v) is 6.22. The molecule has 0 unspecified atom stereocenters. The Morgan fingerprint density at radius 1 is 1.56 bits per heavy atom. The number of nitrogens with two attached hydrogens (primary N) is 1. The molecule has 0 saturated heterocycles. The molecule has 94 valence electrons. The highest BCUT2D eigenvalue weighted by atomic mass is 35.5. The van der Waals surface area contributed by atoms with Crippen molar-refractivity contribution in [1.29, 1.82) is 0 Å². The number of nitrogen functional groups attached to an aromatic ring is 1. The lowest BCUT2D eigenvalue weighted by Gasteiger charge is -2.07. The third-order valence-corrected chi connectivity index (χ3v) is 3.18. The van der Waals surface area contributed by atoms with Crippen molar-refractivity contribution in [3.05, 3.63) is 34.3 Å². The number of nitrogens with zero attached hydrogens (tertiary/aromatic N) is 1. The standard InChI is InChI=1S/C11H10ClN3O2S/c1-17-6-2-3-7(12)8(4-6)14-10(16)9-5-18-11(13)15-9/h2-5H,1H3,(H2,13,15)(H,14,16). The number of aromatic nitrogens is 1. The average molecular weight is 284 g/mol. The van der Waals surface area contributed by atoms with Gasteiger partial charge < -0.3 is 15.8 Å². The number of ether oxygens (including phenoxy) is 1. The maximum atomic E-state index is 11.9. The topological polar surface area (TPSA) is 77.2 Å². The Morgan fingerprint density at radius 3 is 2.94 bits per heavy atom. The number of carbonyl (C=O) groups excluding carboxylic acids is 1. The second-order valence-electron chi connectivity index (χ2n) is 3.37. The van der Waals surface area contributed by atoms with Gasteiger partial charge in [-0.05, 0) is 12.1 Å². The number of benzene rings is 1. The third-order valence-electron chi connectivity index (χ3n) is 2.18. The minimum absolute atomic E-state index is 0.261. The van der Waals surface area contributed by atoms with Crippen LogP contribution in [0, 0.1) is 0 Å². The van der Waals surface area contributed by atoms with E-state index in [1.54, 1.807) is 23.6 Å². The normalized spacial score (nSPS) is 10.1. The number of hydrogen-bond donors (Lipinski definition) is 2. The van der Waals surface area contributed by atoms with Crippen molar-refractivity contribution in [2.75, 3.05) is 18.2 Å². The van der Waals surface area contributed by atoms with Crippen molar-refractivity contribution in [3.8, 4) is 5.75 Å². The summed E-state index contributed by atoms with van der Waals surface area (Å²) >= 11 is 7.18. The van der Waals surface area contributed by atoms with Gasteiger partial charge in [-0.25, -0.2) is 4.98 Å². The second kappa shape index (κ2) is 5.24. The molecule has 0 radical (unpaired) electrons. The first-order chi connectivity index (χ1) is 8.60. The lowest BCUT2D eigenvalue weighted by atomic mass is 10.3. The van der Waals surface area contributed by atoms with Crippen molar-refractivity contribution in [2.24, 2.45) is 0 Å². The first-order valence-electron chi connectivity index (χ1n) is 4.96. The Kier molecular flexibility index (Phi) is 3.69. The summed E-state index contributed by atoms with van der Waals surface area (Å²) in [6.07, 6.45) is 0. The van der Waals surface area contributed by atoms with Crippen molar-refractivity contribution in [2.45, 2.75) is 0 Å². The fourth-order valence-electron chi connectivity index (χ4n) is 1.31. The maximum Gasteiger partial charge on any atom is 0.275 e. The number of methoxy groups -OCH3 is 1. The van der Waals surface area contributed by atoms with Gasteiger partial charge in [-0.2, -0.15) is 0 Å². The van der Waals surface area contributed by atoms with Crippen LogP contribution >= 0.6 is 22.9 Å². The molecule has 5 nitrogen and oxygen atoms in total. The summed E-state index contributed by atoms with van der Waals surface area (Å²) < 4.78 is 5.06. The number of carbonyl (C=O) groups is 1. The number of thiazole rings is 1. The molecular weight excluding hydrogens is 274 g/mol. The molecule has 1 amide bonds. The van der Waals surface area contributed by atoms with E-state index in [2.05, 4.69) is 10.3 Å². The Hall–Kier alpha value is -1.79. The van der Waals surface area contributed by atoms with Gasteiger partial charge in [0, 0.05) is 11.4 Å². The number of hydrogen-bond acceptors (Lipinski definition) is 5. The van der Waals surface area contributed by atoms with Crippen molar-refractivity contribution < 1.29 is 9.53 Å². The van der Waals surface area contributed by atoms with E-state index in [1.807, 2.05) is 0 Å². The van der Waals surface area contributed by atoms with E-state index in [1.165, 1.54) is 18.4 Å². The van der Waals surface area contributed by atoms with Crippen molar-refractivity contribution >= 4 is 39.7 Å². The van der Waals surface area contributed by atoms with Crippen LogP contribution in [0.2, 0.25) is 5.02 Å². The Bertz CT molecular complexity index is 585. The Labute approximate surface area is 113 Å². The summed E-state index contributed by atoms with van der Waals surface area (Å²) in [6.45, 7) is 0. The van der Waals surface area contributed by atoms with Gasteiger partial charge in [0.2, 0.25) is 0 Å². The van der Waals surface area contributed by atoms with Crippen LogP contribution in [-0.4, -0.2) is 18.0 Å². The molecule has 2 aromatic rings. The highest BCUT2D eigenvalue weighted by Gasteiger charge is 2.12. The second-order valence-corrected chi connectivity index (χ2v) is 4.67. The average Bonchev–Trinajstić information content (AvgIpc) is 2.79. The van der Waals surface area contributed by atoms with E-state index in [9.17, 15) is 4.79 Å². The van der Waals surface area contributed by atoms with Crippen molar-refractivity contribution in [1.82, 2.24) is 4.98 Å². The molecule has 0 bridgehead atoms. The predicted octanol–water partition coefficient (Wildman–Crippen LogP) is 2.64. The highest BCUT2D eigenvalue weighted by molar-refractivity contribution is 7.13. The van der Waals surface area contributed by atoms with Gasteiger partial charge in [0.05, 0.1) is 17.8 Å². The fraction of sp³-hybridized carbons (Fsp3) is 0.0909. The maximum absolute atomic E-state index is 11.9. The monoisotopic (exact) mass is 283 g/mol. The van der Waals surface area contributed by atoms with Gasteiger partial charge in [-0.1, -0.05) is 11.6 Å². The predicted molar refractivity (Wildman–Crippen MR) is 72.5 cm³/mol. The van der Waals surface area contributed by atoms with Crippen molar-refractivity contribution in [3.63, 3.8) is 0 Å². The van der Waals surface area contributed by atoms with Gasteiger partial charge in [0.1, 0.15) is 11.4 Å². The smallest absolute Gasteiger partial charge is 0.275 e. The number of nitrogens with one attached hydrogen (secondary N) is 1. The van der Waals surface area contributed by atoms with Crippen LogP contribution in [-0.2, 0) is 0 Å². The zero-order chi connectivity index (χ0) is 13.1. The zero-order valence-electron chi connectivity index (χ0n) is 9.44. The van der Waals surface area contributed by atoms with E-state index in [0.717, 1.165) is 0 Å². The van der Waals surface area contributed by atoms with Gasteiger partial charge in [-0.3, -0.25) is 4.79 Å². The summed E-state index contributed by atoms with van der Waals surface area (Å²) in [5.74, 6) is 0.241. The third kappa shape index (κ3) is 2.72. The molecule has 3 N–H and O–H groups in total. The minimum atomic E-state index is -0.363. The zero-order valence-corrected chi connectivity index (χ0v) is 11.0. The van der Waals surface area contributed by atoms with E-state index in [4.69, 9.17) is 22.1 Å². The molecular formula is C11H10ClN3O2S. The molecule has 1 aromatic carbocycles. The summed E-state index contributed by atoms with van der Waals surface area (Å²) in [5, 5.41) is 5.00. The molecule has 0 aliphatic carbocycles. The Balaban J connectivity index is 2.21. The molecule has 1 aromatic heterocycles. The van der Waals surface area contributed by atoms with Crippen LogP contribution in [0.25, 0.3) is 0 Å². The lowest BCUT2D eigenvalue weighted by molar-refractivity contribution is 0.102. The number of amides is 1. The molecule has 2 rings (SSSR count). The van der Waals surface area contributed by atoms with Crippen LogP contribution in [0.5, 0.6) is 5.75 Å². The number of rotatable bonds is 3. The molecule has 0 saturated carbocycles. The summed E-state index contributed by atoms with van der Waals surface area (Å²) in [5.41, 5.74) is 6.19. The van der Waals surface area contributed by atoms with Gasteiger partial charge >= 0.3 is 0 Å².